The van der Waals surface area contributed by atoms with E-state index in [1.54, 1.807) is 44.3 Å². The molecule has 0 atom stereocenters. The van der Waals surface area contributed by atoms with Crippen molar-refractivity contribution in [2.24, 2.45) is 7.05 Å². The summed E-state index contributed by atoms with van der Waals surface area (Å²) in [6.45, 7) is 7.87. The van der Waals surface area contributed by atoms with Crippen LogP contribution in [0.4, 0.5) is 15.9 Å². The molecule has 0 aliphatic carbocycles. The summed E-state index contributed by atoms with van der Waals surface area (Å²) in [5.41, 5.74) is 1.32. The summed E-state index contributed by atoms with van der Waals surface area (Å²) >= 11 is 6.54. The number of para-hydroxylation sites is 1. The van der Waals surface area contributed by atoms with E-state index in [4.69, 9.17) is 12.2 Å². The number of carbonyl (C=O) groups excluding carboxylic acids is 1. The molecule has 7 nitrogen and oxygen atoms in total. The lowest BCUT2D eigenvalue weighted by Gasteiger charge is -2.38. The number of anilines is 2. The van der Waals surface area contributed by atoms with Crippen LogP contribution in [0.15, 0.2) is 46.6 Å². The van der Waals surface area contributed by atoms with E-state index in [1.807, 2.05) is 15.9 Å². The van der Waals surface area contributed by atoms with E-state index in [1.165, 1.54) is 27.3 Å². The molecule has 2 fully saturated rings. The van der Waals surface area contributed by atoms with Gasteiger partial charge in [-0.05, 0) is 30.7 Å². The molecule has 180 valence electrons. The van der Waals surface area contributed by atoms with Crippen LogP contribution in [0.1, 0.15) is 16.7 Å². The fraction of sp³-hybridized carbons (Fsp3) is 0.280. The third kappa shape index (κ3) is 4.49. The first-order valence-corrected chi connectivity index (χ1v) is 12.2. The van der Waals surface area contributed by atoms with Crippen molar-refractivity contribution in [1.82, 2.24) is 9.47 Å². The number of amides is 1. The van der Waals surface area contributed by atoms with Gasteiger partial charge in [-0.2, -0.15) is 5.26 Å². The third-order valence-electron chi connectivity index (χ3n) is 6.20. The van der Waals surface area contributed by atoms with Crippen molar-refractivity contribution in [1.29, 1.82) is 5.26 Å². The molecule has 1 aromatic heterocycles. The number of carbonyl (C=O) groups is 1. The number of nitriles is 1. The maximum absolute atomic E-state index is 14.3. The lowest BCUT2D eigenvalue weighted by atomic mass is 10.0. The number of hydrogen-bond acceptors (Lipinski definition) is 7. The molecule has 2 saturated heterocycles. The van der Waals surface area contributed by atoms with Gasteiger partial charge in [0.05, 0.1) is 10.6 Å². The molecule has 0 saturated carbocycles. The van der Waals surface area contributed by atoms with E-state index in [0.29, 0.717) is 64.6 Å². The molecule has 0 bridgehead atoms. The molecular weight excluding hydrogens is 485 g/mol. The van der Waals surface area contributed by atoms with E-state index in [9.17, 15) is 19.2 Å². The van der Waals surface area contributed by atoms with Crippen molar-refractivity contribution < 1.29 is 9.18 Å². The molecule has 0 unspecified atom stereocenters. The lowest BCUT2D eigenvalue weighted by Crippen LogP contribution is -2.48. The molecule has 4 rings (SSSR count). The molecule has 3 heterocycles. The van der Waals surface area contributed by atoms with Crippen LogP contribution in [0.2, 0.25) is 0 Å². The standard InChI is InChI=1S/C25H24FN5O2S2/c1-4-9-31-24(33)21(35-25(31)34)14-17-16(2)18(15-27)23(32)28(3)22(17)30-12-10-29(11-13-30)20-8-6-5-7-19(20)26/h4-8,14H,1,9-13H2,2-3H3. The molecule has 2 aliphatic rings. The molecule has 0 N–H and O–H groups in total. The monoisotopic (exact) mass is 509 g/mol. The van der Waals surface area contributed by atoms with E-state index >= 15 is 0 Å². The van der Waals surface area contributed by atoms with Gasteiger partial charge in [-0.15, -0.1) is 6.58 Å². The molecule has 2 aromatic rings. The Morgan fingerprint density at radius 3 is 2.49 bits per heavy atom. The Balaban J connectivity index is 1.74. The highest BCUT2D eigenvalue weighted by atomic mass is 32.2. The number of pyridine rings is 1. The number of nitrogens with zero attached hydrogens (tertiary/aromatic N) is 5. The second-order valence-electron chi connectivity index (χ2n) is 8.22. The minimum atomic E-state index is -0.395. The minimum Gasteiger partial charge on any atom is -0.366 e. The van der Waals surface area contributed by atoms with Gasteiger partial charge in [-0.1, -0.05) is 42.2 Å². The van der Waals surface area contributed by atoms with Crippen molar-refractivity contribution in [3.8, 4) is 6.07 Å². The zero-order chi connectivity index (χ0) is 25.3. The molecule has 2 aliphatic heterocycles. The summed E-state index contributed by atoms with van der Waals surface area (Å²) in [5.74, 6) is 0.112. The zero-order valence-electron chi connectivity index (χ0n) is 19.5. The summed E-state index contributed by atoms with van der Waals surface area (Å²) in [6, 6.07) is 8.67. The lowest BCUT2D eigenvalue weighted by molar-refractivity contribution is -0.121. The second kappa shape index (κ2) is 10.1. The average molecular weight is 510 g/mol. The first-order valence-electron chi connectivity index (χ1n) is 11.0. The number of thioether (sulfide) groups is 1. The van der Waals surface area contributed by atoms with Crippen LogP contribution >= 0.6 is 24.0 Å². The van der Waals surface area contributed by atoms with Crippen molar-refractivity contribution in [3.63, 3.8) is 0 Å². The highest BCUT2D eigenvalue weighted by molar-refractivity contribution is 8.26. The largest absolute Gasteiger partial charge is 0.366 e. The summed E-state index contributed by atoms with van der Waals surface area (Å²) in [4.78, 5) is 31.8. The number of hydrogen-bond donors (Lipinski definition) is 0. The minimum absolute atomic E-state index is 0.0362. The number of benzene rings is 1. The average Bonchev–Trinajstić information content (AvgIpc) is 3.11. The first-order chi connectivity index (χ1) is 16.8. The van der Waals surface area contributed by atoms with Gasteiger partial charge in [0, 0.05) is 45.3 Å². The molecule has 10 heteroatoms. The summed E-state index contributed by atoms with van der Waals surface area (Å²) in [7, 11) is 1.63. The van der Waals surface area contributed by atoms with Crippen molar-refractivity contribution in [2.45, 2.75) is 6.92 Å². The zero-order valence-corrected chi connectivity index (χ0v) is 21.1. The SMILES string of the molecule is C=CCN1C(=O)C(=Cc2c(C)c(C#N)c(=O)n(C)c2N2CCN(c3ccccc3F)CC2)SC1=S. The molecule has 35 heavy (non-hydrogen) atoms. The maximum Gasteiger partial charge on any atom is 0.270 e. The highest BCUT2D eigenvalue weighted by Gasteiger charge is 2.33. The molecular formula is C25H24FN5O2S2. The quantitative estimate of drug-likeness (QED) is 0.347. The summed E-state index contributed by atoms with van der Waals surface area (Å²) in [5, 5.41) is 9.65. The smallest absolute Gasteiger partial charge is 0.270 e. The van der Waals surface area contributed by atoms with Crippen LogP contribution in [0.25, 0.3) is 6.08 Å². The van der Waals surface area contributed by atoms with E-state index in [-0.39, 0.29) is 17.3 Å². The van der Waals surface area contributed by atoms with Gasteiger partial charge in [-0.3, -0.25) is 19.1 Å². The maximum atomic E-state index is 14.3. The normalized spacial score (nSPS) is 17.3. The Hall–Kier alpha value is -3.42. The fourth-order valence-corrected chi connectivity index (χ4v) is 5.64. The van der Waals surface area contributed by atoms with Gasteiger partial charge < -0.3 is 9.80 Å². The van der Waals surface area contributed by atoms with E-state index in [0.717, 1.165) is 0 Å². The highest BCUT2D eigenvalue weighted by Crippen LogP contribution is 2.36. The van der Waals surface area contributed by atoms with Crippen LogP contribution in [0.5, 0.6) is 0 Å². The predicted molar refractivity (Wildman–Crippen MR) is 142 cm³/mol. The topological polar surface area (TPSA) is 72.6 Å². The molecule has 1 amide bonds. The van der Waals surface area contributed by atoms with Gasteiger partial charge in [0.15, 0.2) is 0 Å². The Kier molecular flexibility index (Phi) is 7.10. The molecule has 1 aromatic carbocycles. The predicted octanol–water partition coefficient (Wildman–Crippen LogP) is 3.42. The first kappa shape index (κ1) is 24.7. The van der Waals surface area contributed by atoms with Gasteiger partial charge >= 0.3 is 0 Å². The Labute approximate surface area is 212 Å². The van der Waals surface area contributed by atoms with Crippen molar-refractivity contribution >= 4 is 51.8 Å². The molecule has 0 radical (unpaired) electrons. The van der Waals surface area contributed by atoms with Gasteiger partial charge in [0.25, 0.3) is 11.5 Å². The second-order valence-corrected chi connectivity index (χ2v) is 9.90. The summed E-state index contributed by atoms with van der Waals surface area (Å²) < 4.78 is 16.2. The van der Waals surface area contributed by atoms with E-state index < -0.39 is 5.56 Å². The van der Waals surface area contributed by atoms with Gasteiger partial charge in [0.2, 0.25) is 0 Å². The van der Waals surface area contributed by atoms with Gasteiger partial charge in [0.1, 0.15) is 27.6 Å². The fourth-order valence-electron chi connectivity index (χ4n) is 4.38. The van der Waals surface area contributed by atoms with Gasteiger partial charge in [-0.25, -0.2) is 4.39 Å². The Morgan fingerprint density at radius 2 is 1.86 bits per heavy atom. The number of thiocarbonyl (C=S) groups is 1. The van der Waals surface area contributed by atoms with Crippen LogP contribution in [0.3, 0.4) is 0 Å². The van der Waals surface area contributed by atoms with E-state index in [2.05, 4.69) is 6.58 Å². The number of piperazine rings is 1. The summed E-state index contributed by atoms with van der Waals surface area (Å²) in [6.07, 6.45) is 3.33. The van der Waals surface area contributed by atoms with Crippen LogP contribution in [0, 0.1) is 24.1 Å². The number of aromatic nitrogens is 1. The van der Waals surface area contributed by atoms with Crippen LogP contribution in [-0.2, 0) is 11.8 Å². The molecule has 0 spiro atoms. The number of rotatable bonds is 5. The van der Waals surface area contributed by atoms with Crippen molar-refractivity contribution in [2.75, 3.05) is 42.5 Å². The Morgan fingerprint density at radius 1 is 1.20 bits per heavy atom. The third-order valence-corrected chi connectivity index (χ3v) is 7.58. The number of halogens is 1. The van der Waals surface area contributed by atoms with Crippen LogP contribution in [-0.4, -0.2) is 52.4 Å². The Bertz CT molecular complexity index is 1350. The van der Waals surface area contributed by atoms with Crippen LogP contribution < -0.4 is 15.4 Å². The van der Waals surface area contributed by atoms with Crippen molar-refractivity contribution in [3.05, 3.63) is 74.7 Å².